The number of ketones is 7. The van der Waals surface area contributed by atoms with E-state index in [4.69, 9.17) is 27.7 Å². The number of aliphatic imine (C=N–C) groups is 2. The fourth-order valence-corrected chi connectivity index (χ4v) is 13.5. The van der Waals surface area contributed by atoms with Crippen LogP contribution in [0.1, 0.15) is 195 Å². The zero-order valence-corrected chi connectivity index (χ0v) is 69.6. The lowest BCUT2D eigenvalue weighted by atomic mass is 9.89. The number of nitrogens with zero attached hydrogens (tertiary/aromatic N) is 4. The van der Waals surface area contributed by atoms with Gasteiger partial charge in [-0.3, -0.25) is 120 Å². The van der Waals surface area contributed by atoms with Crippen LogP contribution in [-0.2, 0) is 110 Å². The number of hydrogen-bond acceptors (Lipinski definition) is 26. The summed E-state index contributed by atoms with van der Waals surface area (Å²) in [6.07, 6.45) is -6.07. The largest absolute Gasteiger partial charge is 0.481 e. The van der Waals surface area contributed by atoms with Gasteiger partial charge in [0, 0.05) is 158 Å². The number of hydrogen-bond donors (Lipinski definition) is 16. The molecule has 0 bridgehead atoms. The molecule has 44 heteroatoms. The summed E-state index contributed by atoms with van der Waals surface area (Å²) in [7, 11) is 0. The number of rotatable bonds is 66. The van der Waals surface area contributed by atoms with E-state index >= 15 is 0 Å². The van der Waals surface area contributed by atoms with Crippen LogP contribution in [0.25, 0.3) is 0 Å². The van der Waals surface area contributed by atoms with E-state index in [0.717, 1.165) is 17.1 Å². The first-order valence-corrected chi connectivity index (χ1v) is 41.2. The molecule has 43 nitrogen and oxygen atoms in total. The number of carboxylic acids is 5. The second-order valence-corrected chi connectivity index (χ2v) is 30.9. The zero-order chi connectivity index (χ0) is 91.2. The molecule has 1 saturated heterocycles. The summed E-state index contributed by atoms with van der Waals surface area (Å²) in [4.78, 5) is 296. The van der Waals surface area contributed by atoms with Crippen molar-refractivity contribution >= 4 is 153 Å². The molecule has 121 heavy (non-hydrogen) atoms. The highest BCUT2D eigenvalue weighted by Crippen LogP contribution is 2.24. The van der Waals surface area contributed by atoms with Gasteiger partial charge in [-0.25, -0.2) is 0 Å². The van der Waals surface area contributed by atoms with Crippen molar-refractivity contribution in [2.75, 3.05) is 57.9 Å². The Balaban J connectivity index is 2.13. The first-order valence-electron chi connectivity index (χ1n) is 39.8. The highest BCUT2D eigenvalue weighted by atomic mass is 32.2. The van der Waals surface area contributed by atoms with Gasteiger partial charge < -0.3 is 95.3 Å². The maximum atomic E-state index is 14.2. The molecule has 10 amide bonds. The number of amides is 10. The number of nitrogens with two attached hydrogens (primary N) is 4. The summed E-state index contributed by atoms with van der Waals surface area (Å²) in [6, 6.07) is -9.28. The van der Waals surface area contributed by atoms with Gasteiger partial charge in [-0.2, -0.15) is 11.8 Å². The molecule has 0 unspecified atom stereocenters. The number of thioether (sulfide) groups is 1. The predicted molar refractivity (Wildman–Crippen MR) is 430 cm³/mol. The molecule has 2 heterocycles. The molecule has 2 aliphatic rings. The normalized spacial score (nSPS) is 15.4. The molecule has 0 aromatic rings. The van der Waals surface area contributed by atoms with E-state index in [1.807, 2.05) is 0 Å². The molecule has 0 aromatic carbocycles. The average Bonchev–Trinajstić information content (AvgIpc) is 1.73. The van der Waals surface area contributed by atoms with Crippen molar-refractivity contribution in [1.29, 1.82) is 0 Å². The third-order valence-electron chi connectivity index (χ3n) is 19.5. The van der Waals surface area contributed by atoms with Gasteiger partial charge in [0.1, 0.15) is 12.6 Å². The Morgan fingerprint density at radius 1 is 0.496 bits per heavy atom. The van der Waals surface area contributed by atoms with E-state index in [1.165, 1.54) is 30.5 Å². The number of nitrogens with one attached hydrogen (secondary N) is 7. The SMILES string of the molecule is CSC[C@H](NC(=O)CCC(=O)[C@H](CC(C)C)NC(=O)[C@@H]1CCCN1C(=O)COCCCC(=O)[C@@H](CCC(=O)O)NC(=O)[C@@H](CCC(=O)O)CC(=O)[C@@H](CCC(=O)O)NC(=O)[C@@H](CCC(=O)O)CC(=O)[C@@H](CCC(=O)O)NC(=O)CCN1C(=O)C=CC1=O)C(=O)C[C@@H](C)C(=O)NCC(=O)C[C@H](CCCN=C(N)N)C(=O)N[C@H](CCCN=C(N)N)C(C)=O. The Bertz CT molecular complexity index is 3790. The van der Waals surface area contributed by atoms with Gasteiger partial charge in [-0.15, -0.1) is 0 Å². The third kappa shape index (κ3) is 43.4. The number of likely N-dealkylation sites (tertiary alicyclic amines) is 1. The van der Waals surface area contributed by atoms with Crippen LogP contribution in [0.2, 0.25) is 0 Å². The quantitative estimate of drug-likeness (QED) is 0.0133. The molecule has 20 N–H and O–H groups in total. The monoisotopic (exact) mass is 1730 g/mol. The molecular formula is C77H117N15O28S. The minimum atomic E-state index is -1.84. The summed E-state index contributed by atoms with van der Waals surface area (Å²) in [5.74, 6) is -25.8. The molecule has 0 radical (unpaired) electrons. The predicted octanol–water partition coefficient (Wildman–Crippen LogP) is -2.22. The summed E-state index contributed by atoms with van der Waals surface area (Å²) in [6.45, 7) is 4.90. The molecule has 0 aromatic heterocycles. The van der Waals surface area contributed by atoms with Crippen molar-refractivity contribution < 1.29 is 136 Å². The van der Waals surface area contributed by atoms with Crippen LogP contribution in [0, 0.1) is 29.6 Å². The average molecular weight is 1730 g/mol. The van der Waals surface area contributed by atoms with E-state index in [-0.39, 0.29) is 113 Å². The molecule has 2 aliphatic heterocycles. The van der Waals surface area contributed by atoms with Crippen LogP contribution in [-0.4, -0.2) is 277 Å². The molecule has 2 rings (SSSR count). The molecule has 1 fully saturated rings. The molecule has 674 valence electrons. The van der Waals surface area contributed by atoms with Gasteiger partial charge in [0.25, 0.3) is 11.8 Å². The van der Waals surface area contributed by atoms with Crippen molar-refractivity contribution in [3.05, 3.63) is 12.2 Å². The van der Waals surface area contributed by atoms with E-state index < -0.39 is 306 Å². The Hall–Kier alpha value is -11.5. The number of ether oxygens (including phenoxy) is 1. The molecule has 0 saturated carbocycles. The van der Waals surface area contributed by atoms with Crippen LogP contribution in [0.3, 0.4) is 0 Å². The minimum absolute atomic E-state index is 0.0787. The second kappa shape index (κ2) is 56.1. The van der Waals surface area contributed by atoms with Gasteiger partial charge in [-0.1, -0.05) is 20.8 Å². The lowest BCUT2D eigenvalue weighted by molar-refractivity contribution is -0.142. The van der Waals surface area contributed by atoms with E-state index in [2.05, 4.69) is 47.2 Å². The molecule has 11 atom stereocenters. The standard InChI is InChI=1S/C77H117N15O28S/c1-42(2)34-53(57(96)19-20-61(100)86-54(41-121-5)58(97)35-43(3)71(115)84-39-48(94)36-45(10-6-29-82-76(78)79)72(116)87-49(44(4)93)11-7-30-83-77(80)81)90-75(119)55-12-8-31-91(55)65(104)40-120-33-9-13-56(95)50(16-25-68(109)110)88-73(117)47(15-24-67(107)108)38-60(99)52(18-27-70(113)114)89-74(118)46(14-23-66(105)106)37-59(98)51(17-26-69(111)112)85-62(101)28-32-92-63(102)21-22-64(92)103/h21-22,42-43,45-47,49-55H,6-20,23-41H2,1-5H3,(H,84,115)(H,85,101)(H,86,100)(H,87,116)(H,88,117)(H,89,118)(H,90,119)(H,105,106)(H,107,108)(H,109,110)(H,111,112)(H,113,114)(H4,78,79,82)(H4,80,81,83)/t43-,45+,46+,47+,49-,50-,51-,52-,53+,54+,55+/m1/s1. The molecule has 0 spiro atoms. The van der Waals surface area contributed by atoms with Gasteiger partial charge in [0.2, 0.25) is 47.3 Å². The summed E-state index contributed by atoms with van der Waals surface area (Å²) < 4.78 is 5.59. The maximum absolute atomic E-state index is 14.2. The third-order valence-corrected chi connectivity index (χ3v) is 20.2. The number of aliphatic carboxylic acids is 5. The van der Waals surface area contributed by atoms with Crippen molar-refractivity contribution in [3.8, 4) is 0 Å². The Morgan fingerprint density at radius 3 is 1.43 bits per heavy atom. The highest BCUT2D eigenvalue weighted by molar-refractivity contribution is 7.98. The second-order valence-electron chi connectivity index (χ2n) is 29.9. The Labute approximate surface area is 702 Å². The van der Waals surface area contributed by atoms with Crippen LogP contribution >= 0.6 is 11.8 Å². The number of Topliss-reactive ketones (excluding diaryl/α,β-unsaturated/α-hetero) is 7. The Kier molecular flexibility index (Phi) is 49.0. The minimum Gasteiger partial charge on any atom is -0.481 e. The van der Waals surface area contributed by atoms with Gasteiger partial charge in [0.15, 0.2) is 52.4 Å². The van der Waals surface area contributed by atoms with E-state index in [0.29, 0.717) is 12.8 Å². The lowest BCUT2D eigenvalue weighted by Gasteiger charge is -2.27. The van der Waals surface area contributed by atoms with Crippen LogP contribution in [0.4, 0.5) is 0 Å². The Morgan fingerprint density at radius 2 is 0.942 bits per heavy atom. The smallest absolute Gasteiger partial charge is 0.303 e. The van der Waals surface area contributed by atoms with Gasteiger partial charge in [-0.05, 0) is 103 Å². The fourth-order valence-electron chi connectivity index (χ4n) is 12.9. The number of guanidine groups is 2. The number of carbonyl (C=O) groups excluding carboxylic acids is 17. The van der Waals surface area contributed by atoms with E-state index in [1.54, 1.807) is 20.1 Å². The lowest BCUT2D eigenvalue weighted by Crippen LogP contribution is -2.52. The van der Waals surface area contributed by atoms with Crippen molar-refractivity contribution in [2.24, 2.45) is 62.5 Å². The highest BCUT2D eigenvalue weighted by Gasteiger charge is 2.39. The zero-order valence-electron chi connectivity index (χ0n) is 68.8. The van der Waals surface area contributed by atoms with Crippen LogP contribution in [0.15, 0.2) is 22.1 Å². The number of carbonyl (C=O) groups is 22. The van der Waals surface area contributed by atoms with Crippen molar-refractivity contribution in [2.45, 2.75) is 237 Å². The summed E-state index contributed by atoms with van der Waals surface area (Å²) in [5, 5.41) is 65.3. The maximum Gasteiger partial charge on any atom is 0.303 e. The van der Waals surface area contributed by atoms with Crippen molar-refractivity contribution in [3.63, 3.8) is 0 Å². The van der Waals surface area contributed by atoms with E-state index in [9.17, 15) is 131 Å². The number of carboxylic acid groups (broad SMARTS) is 5. The van der Waals surface area contributed by atoms with Gasteiger partial charge in [0.05, 0.1) is 42.8 Å². The van der Waals surface area contributed by atoms with Crippen molar-refractivity contribution in [1.82, 2.24) is 47.0 Å². The fraction of sp³-hybridized carbons (Fsp3) is 0.662. The van der Waals surface area contributed by atoms with Crippen LogP contribution < -0.4 is 60.2 Å². The summed E-state index contributed by atoms with van der Waals surface area (Å²) in [5.41, 5.74) is 21.6. The molecule has 0 aliphatic carbocycles. The summed E-state index contributed by atoms with van der Waals surface area (Å²) >= 11 is 1.21. The van der Waals surface area contributed by atoms with Crippen LogP contribution in [0.5, 0.6) is 0 Å². The number of imide groups is 1. The molecular weight excluding hydrogens is 1610 g/mol. The van der Waals surface area contributed by atoms with Gasteiger partial charge >= 0.3 is 29.8 Å². The topological polar surface area (TPSA) is 705 Å². The first kappa shape index (κ1) is 106. The first-order chi connectivity index (χ1) is 56.9.